The van der Waals surface area contributed by atoms with Crippen LogP contribution in [0, 0.1) is 13.8 Å². The Morgan fingerprint density at radius 3 is 2.25 bits per heavy atom. The standard InChI is InChI=1S/C19H20O/c1-13-5-7-17-15(11-13)16-12-14(2)6-8-18(16)20-19(17)9-3-4-10-19/h5-8,11-12H,3-4,9-10H2,1-2H3. The maximum Gasteiger partial charge on any atom is 0.135 e. The molecule has 0 saturated heterocycles. The van der Waals surface area contributed by atoms with Crippen molar-refractivity contribution in [2.24, 2.45) is 0 Å². The fourth-order valence-corrected chi connectivity index (χ4v) is 3.80. The van der Waals surface area contributed by atoms with Crippen molar-refractivity contribution < 1.29 is 4.74 Å². The van der Waals surface area contributed by atoms with E-state index >= 15 is 0 Å². The van der Waals surface area contributed by atoms with Crippen LogP contribution in [0.2, 0.25) is 0 Å². The second kappa shape index (κ2) is 4.12. The molecule has 1 aliphatic carbocycles. The average molecular weight is 264 g/mol. The lowest BCUT2D eigenvalue weighted by atomic mass is 9.82. The zero-order valence-corrected chi connectivity index (χ0v) is 12.2. The number of aryl methyl sites for hydroxylation is 2. The fourth-order valence-electron chi connectivity index (χ4n) is 3.80. The molecule has 2 aromatic rings. The van der Waals surface area contributed by atoms with Crippen LogP contribution in [-0.2, 0) is 5.60 Å². The molecular formula is C19H20O. The van der Waals surface area contributed by atoms with Crippen LogP contribution in [0.15, 0.2) is 36.4 Å². The van der Waals surface area contributed by atoms with Gasteiger partial charge < -0.3 is 4.74 Å². The van der Waals surface area contributed by atoms with E-state index in [1.54, 1.807) is 0 Å². The van der Waals surface area contributed by atoms with E-state index in [-0.39, 0.29) is 5.60 Å². The second-order valence-electron chi connectivity index (χ2n) is 6.35. The van der Waals surface area contributed by atoms with Gasteiger partial charge in [-0.15, -0.1) is 0 Å². The van der Waals surface area contributed by atoms with Crippen molar-refractivity contribution >= 4 is 0 Å². The highest BCUT2D eigenvalue weighted by Gasteiger charge is 2.43. The fraction of sp³-hybridized carbons (Fsp3) is 0.368. The minimum Gasteiger partial charge on any atom is -0.482 e. The van der Waals surface area contributed by atoms with Gasteiger partial charge >= 0.3 is 0 Å². The summed E-state index contributed by atoms with van der Waals surface area (Å²) in [5, 5.41) is 0. The van der Waals surface area contributed by atoms with Crippen molar-refractivity contribution in [1.82, 2.24) is 0 Å². The van der Waals surface area contributed by atoms with Crippen molar-refractivity contribution in [2.75, 3.05) is 0 Å². The predicted molar refractivity (Wildman–Crippen MR) is 82.1 cm³/mol. The van der Waals surface area contributed by atoms with Crippen molar-refractivity contribution in [2.45, 2.75) is 45.1 Å². The molecule has 1 fully saturated rings. The Kier molecular flexibility index (Phi) is 2.47. The first-order valence-corrected chi connectivity index (χ1v) is 7.59. The van der Waals surface area contributed by atoms with E-state index in [4.69, 9.17) is 4.74 Å². The molecular weight excluding hydrogens is 244 g/mol. The lowest BCUT2D eigenvalue weighted by molar-refractivity contribution is 0.0711. The summed E-state index contributed by atoms with van der Waals surface area (Å²) in [6, 6.07) is 13.4. The topological polar surface area (TPSA) is 9.23 Å². The molecule has 20 heavy (non-hydrogen) atoms. The average Bonchev–Trinajstić information content (AvgIpc) is 2.89. The van der Waals surface area contributed by atoms with Gasteiger partial charge in [0.15, 0.2) is 0 Å². The third-order valence-electron chi connectivity index (χ3n) is 4.81. The molecule has 1 spiro atoms. The Morgan fingerprint density at radius 1 is 0.850 bits per heavy atom. The summed E-state index contributed by atoms with van der Waals surface area (Å²) < 4.78 is 6.50. The summed E-state index contributed by atoms with van der Waals surface area (Å²) >= 11 is 0. The lowest BCUT2D eigenvalue weighted by Crippen LogP contribution is -2.33. The van der Waals surface area contributed by atoms with E-state index in [1.165, 1.54) is 40.7 Å². The Labute approximate surface area is 120 Å². The highest BCUT2D eigenvalue weighted by atomic mass is 16.5. The maximum atomic E-state index is 6.50. The first-order chi connectivity index (χ1) is 9.68. The van der Waals surface area contributed by atoms with Crippen LogP contribution >= 0.6 is 0 Å². The number of fused-ring (bicyclic) bond motifs is 4. The molecule has 102 valence electrons. The molecule has 2 aliphatic rings. The van der Waals surface area contributed by atoms with Crippen LogP contribution in [-0.4, -0.2) is 0 Å². The third kappa shape index (κ3) is 1.62. The quantitative estimate of drug-likeness (QED) is 0.640. The Hall–Kier alpha value is -1.76. The predicted octanol–water partition coefficient (Wildman–Crippen LogP) is 5.13. The number of benzene rings is 2. The van der Waals surface area contributed by atoms with Crippen LogP contribution in [0.3, 0.4) is 0 Å². The van der Waals surface area contributed by atoms with E-state index in [2.05, 4.69) is 50.2 Å². The van der Waals surface area contributed by atoms with E-state index < -0.39 is 0 Å². The smallest absolute Gasteiger partial charge is 0.135 e. The van der Waals surface area contributed by atoms with E-state index in [0.717, 1.165) is 18.6 Å². The summed E-state index contributed by atoms with van der Waals surface area (Å²) in [5.41, 5.74) is 6.61. The number of rotatable bonds is 0. The molecule has 0 radical (unpaired) electrons. The Morgan fingerprint density at radius 2 is 1.50 bits per heavy atom. The van der Waals surface area contributed by atoms with Gasteiger partial charge in [0.25, 0.3) is 0 Å². The van der Waals surface area contributed by atoms with Gasteiger partial charge in [-0.3, -0.25) is 0 Å². The molecule has 1 nitrogen and oxygen atoms in total. The van der Waals surface area contributed by atoms with Gasteiger partial charge in [0.1, 0.15) is 11.4 Å². The van der Waals surface area contributed by atoms with Crippen LogP contribution in [0.5, 0.6) is 5.75 Å². The van der Waals surface area contributed by atoms with Crippen molar-refractivity contribution in [3.63, 3.8) is 0 Å². The van der Waals surface area contributed by atoms with Gasteiger partial charge in [-0.2, -0.15) is 0 Å². The van der Waals surface area contributed by atoms with Crippen LogP contribution in [0.4, 0.5) is 0 Å². The van der Waals surface area contributed by atoms with Crippen LogP contribution in [0.25, 0.3) is 11.1 Å². The van der Waals surface area contributed by atoms with Gasteiger partial charge in [0.2, 0.25) is 0 Å². The van der Waals surface area contributed by atoms with Gasteiger partial charge in [-0.1, -0.05) is 35.4 Å². The monoisotopic (exact) mass is 264 g/mol. The maximum absolute atomic E-state index is 6.50. The van der Waals surface area contributed by atoms with Gasteiger partial charge in [-0.25, -0.2) is 0 Å². The van der Waals surface area contributed by atoms with Crippen LogP contribution in [0.1, 0.15) is 42.4 Å². The summed E-state index contributed by atoms with van der Waals surface area (Å²) in [6.45, 7) is 4.32. The minimum atomic E-state index is -0.0642. The molecule has 0 unspecified atom stereocenters. The third-order valence-corrected chi connectivity index (χ3v) is 4.81. The van der Waals surface area contributed by atoms with Crippen LogP contribution < -0.4 is 4.74 Å². The highest BCUT2D eigenvalue weighted by Crippen LogP contribution is 2.52. The number of hydrogen-bond acceptors (Lipinski definition) is 1. The van der Waals surface area contributed by atoms with Crippen molar-refractivity contribution in [3.05, 3.63) is 53.1 Å². The Balaban J connectivity index is 2.00. The molecule has 0 bridgehead atoms. The largest absolute Gasteiger partial charge is 0.482 e. The molecule has 0 N–H and O–H groups in total. The zero-order chi connectivity index (χ0) is 13.7. The summed E-state index contributed by atoms with van der Waals surface area (Å²) in [4.78, 5) is 0. The van der Waals surface area contributed by atoms with Crippen molar-refractivity contribution in [1.29, 1.82) is 0 Å². The summed E-state index contributed by atoms with van der Waals surface area (Å²) in [6.07, 6.45) is 4.84. The molecule has 0 amide bonds. The molecule has 1 heteroatoms. The normalized spacial score (nSPS) is 18.5. The summed E-state index contributed by atoms with van der Waals surface area (Å²) in [5.74, 6) is 1.07. The van der Waals surface area contributed by atoms with Gasteiger partial charge in [0.05, 0.1) is 0 Å². The summed E-state index contributed by atoms with van der Waals surface area (Å²) in [7, 11) is 0. The molecule has 4 rings (SSSR count). The molecule has 0 atom stereocenters. The molecule has 1 heterocycles. The molecule has 0 aromatic heterocycles. The highest BCUT2D eigenvalue weighted by molar-refractivity contribution is 5.77. The van der Waals surface area contributed by atoms with Gasteiger partial charge in [-0.05, 0) is 57.2 Å². The van der Waals surface area contributed by atoms with Gasteiger partial charge in [0, 0.05) is 11.1 Å². The van der Waals surface area contributed by atoms with Crippen molar-refractivity contribution in [3.8, 4) is 16.9 Å². The Bertz CT molecular complexity index is 678. The SMILES string of the molecule is Cc1ccc2c(c1)-c1cc(C)ccc1C1(CCCC1)O2. The number of ether oxygens (including phenoxy) is 1. The second-order valence-corrected chi connectivity index (χ2v) is 6.35. The van der Waals surface area contributed by atoms with E-state index in [9.17, 15) is 0 Å². The first-order valence-electron chi connectivity index (χ1n) is 7.59. The lowest BCUT2D eigenvalue weighted by Gasteiger charge is -2.38. The van der Waals surface area contributed by atoms with E-state index in [1.807, 2.05) is 0 Å². The zero-order valence-electron chi connectivity index (χ0n) is 12.2. The number of hydrogen-bond donors (Lipinski definition) is 0. The minimum absolute atomic E-state index is 0.0642. The first kappa shape index (κ1) is 12.0. The molecule has 1 saturated carbocycles. The molecule has 1 aliphatic heterocycles. The van der Waals surface area contributed by atoms with E-state index in [0.29, 0.717) is 0 Å². The molecule has 2 aromatic carbocycles.